The van der Waals surface area contributed by atoms with Crippen molar-refractivity contribution in [1.29, 1.82) is 0 Å². The Kier molecular flexibility index (Phi) is 5.58. The summed E-state index contributed by atoms with van der Waals surface area (Å²) in [5, 5.41) is 0. The third-order valence-electron chi connectivity index (χ3n) is 3.74. The van der Waals surface area contributed by atoms with Crippen molar-refractivity contribution in [3.8, 4) is 0 Å². The fourth-order valence-corrected chi connectivity index (χ4v) is 5.81. The van der Waals surface area contributed by atoms with E-state index >= 15 is 0 Å². The second kappa shape index (κ2) is 7.01. The van der Waals surface area contributed by atoms with E-state index in [1.807, 2.05) is 0 Å². The first kappa shape index (κ1) is 15.9. The molecular weight excluding hydrogens is 284 g/mol. The second-order valence-corrected chi connectivity index (χ2v) is 10.5. The van der Waals surface area contributed by atoms with Crippen LogP contribution in [0.4, 0.5) is 5.69 Å². The Balaban J connectivity index is 1.86. The molecule has 0 radical (unpaired) electrons. The zero-order valence-corrected chi connectivity index (χ0v) is 14.6. The van der Waals surface area contributed by atoms with E-state index in [0.717, 1.165) is 18.2 Å². The molecule has 0 saturated heterocycles. The molecule has 1 aliphatic rings. The molecule has 0 bridgehead atoms. The predicted molar refractivity (Wildman–Crippen MR) is 95.5 cm³/mol. The Hall–Kier alpha value is -0.450. The van der Waals surface area contributed by atoms with Crippen molar-refractivity contribution >= 4 is 32.0 Å². The molecule has 1 aliphatic heterocycles. The monoisotopic (exact) mass is 310 g/mol. The summed E-state index contributed by atoms with van der Waals surface area (Å²) in [7, 11) is -0.907. The number of aliphatic imine (C=N–C) groups is 1. The van der Waals surface area contributed by atoms with Crippen LogP contribution < -0.4 is 4.72 Å². The van der Waals surface area contributed by atoms with E-state index < -0.39 is 10.0 Å². The molecule has 0 aromatic heterocycles. The van der Waals surface area contributed by atoms with E-state index in [1.54, 1.807) is 11.9 Å². The van der Waals surface area contributed by atoms with Crippen molar-refractivity contribution in [3.05, 3.63) is 24.3 Å². The van der Waals surface area contributed by atoms with Gasteiger partial charge in [0.2, 0.25) is 0 Å². The fourth-order valence-electron chi connectivity index (χ4n) is 2.47. The molecule has 1 aromatic rings. The summed E-state index contributed by atoms with van der Waals surface area (Å²) in [6, 6.07) is 8.55. The van der Waals surface area contributed by atoms with E-state index in [1.165, 1.54) is 28.5 Å². The Morgan fingerprint density at radius 2 is 2.00 bits per heavy atom. The Morgan fingerprint density at radius 3 is 2.70 bits per heavy atom. The van der Waals surface area contributed by atoms with Gasteiger partial charge in [0.25, 0.3) is 0 Å². The SMILES string of the molecule is CCCC(C)CCNSC1=Nc2ccccc2S1(C)C. The van der Waals surface area contributed by atoms with Crippen LogP contribution in [0.3, 0.4) is 0 Å². The zero-order valence-electron chi connectivity index (χ0n) is 13.0. The highest BCUT2D eigenvalue weighted by Crippen LogP contribution is 2.61. The summed E-state index contributed by atoms with van der Waals surface area (Å²) < 4.78 is 4.78. The molecule has 1 atom stereocenters. The van der Waals surface area contributed by atoms with Gasteiger partial charge in [-0.1, -0.05) is 38.8 Å². The van der Waals surface area contributed by atoms with Gasteiger partial charge in [-0.2, -0.15) is 10.0 Å². The highest BCUT2D eigenvalue weighted by molar-refractivity contribution is 8.57. The summed E-state index contributed by atoms with van der Waals surface area (Å²) >= 11 is 1.74. The summed E-state index contributed by atoms with van der Waals surface area (Å²) in [5.74, 6) is 0.816. The van der Waals surface area contributed by atoms with E-state index in [2.05, 4.69) is 55.3 Å². The Bertz CT molecular complexity index is 483. The molecule has 0 spiro atoms. The number of fused-ring (bicyclic) bond motifs is 1. The predicted octanol–water partition coefficient (Wildman–Crippen LogP) is 5.17. The normalized spacial score (nSPS) is 19.3. The van der Waals surface area contributed by atoms with Crippen molar-refractivity contribution < 1.29 is 0 Å². The van der Waals surface area contributed by atoms with Gasteiger partial charge < -0.3 is 0 Å². The van der Waals surface area contributed by atoms with Crippen LogP contribution in [0, 0.1) is 5.92 Å². The number of benzene rings is 1. The lowest BCUT2D eigenvalue weighted by Gasteiger charge is -2.27. The van der Waals surface area contributed by atoms with E-state index in [4.69, 9.17) is 4.99 Å². The lowest BCUT2D eigenvalue weighted by atomic mass is 10.0. The maximum Gasteiger partial charge on any atom is 0.132 e. The molecule has 2 nitrogen and oxygen atoms in total. The maximum atomic E-state index is 4.81. The molecule has 112 valence electrons. The molecule has 1 N–H and O–H groups in total. The van der Waals surface area contributed by atoms with Gasteiger partial charge in [0.15, 0.2) is 0 Å². The topological polar surface area (TPSA) is 24.4 Å². The molecule has 4 heteroatoms. The third-order valence-corrected chi connectivity index (χ3v) is 8.27. The van der Waals surface area contributed by atoms with Crippen LogP contribution in [-0.4, -0.2) is 23.4 Å². The lowest BCUT2D eigenvalue weighted by molar-refractivity contribution is 0.487. The number of nitrogens with zero attached hydrogens (tertiary/aromatic N) is 1. The number of rotatable bonds is 6. The maximum absolute atomic E-state index is 4.81. The number of nitrogens with one attached hydrogen (secondary N) is 1. The average Bonchev–Trinajstić information content (AvgIpc) is 2.67. The third kappa shape index (κ3) is 3.60. The van der Waals surface area contributed by atoms with Crippen molar-refractivity contribution in [2.45, 2.75) is 38.0 Å². The molecular formula is C16H26N2S2. The quantitative estimate of drug-likeness (QED) is 0.445. The van der Waals surface area contributed by atoms with Crippen molar-refractivity contribution in [2.75, 3.05) is 19.1 Å². The molecule has 0 aliphatic carbocycles. The molecule has 1 aromatic carbocycles. The average molecular weight is 311 g/mol. The first-order valence-corrected chi connectivity index (χ1v) is 10.6. The van der Waals surface area contributed by atoms with Crippen molar-refractivity contribution in [3.63, 3.8) is 0 Å². The van der Waals surface area contributed by atoms with E-state index in [9.17, 15) is 0 Å². The lowest BCUT2D eigenvalue weighted by Crippen LogP contribution is -2.14. The summed E-state index contributed by atoms with van der Waals surface area (Å²) in [6.07, 6.45) is 8.54. The van der Waals surface area contributed by atoms with Crippen LogP contribution in [0.15, 0.2) is 34.2 Å². The van der Waals surface area contributed by atoms with Crippen molar-refractivity contribution in [1.82, 2.24) is 4.72 Å². The van der Waals surface area contributed by atoms with Gasteiger partial charge >= 0.3 is 0 Å². The number of para-hydroxylation sites is 1. The van der Waals surface area contributed by atoms with E-state index in [-0.39, 0.29) is 0 Å². The molecule has 20 heavy (non-hydrogen) atoms. The van der Waals surface area contributed by atoms with Crippen LogP contribution in [0.5, 0.6) is 0 Å². The number of hydrogen-bond donors (Lipinski definition) is 1. The van der Waals surface area contributed by atoms with Gasteiger partial charge in [-0.05, 0) is 48.9 Å². The van der Waals surface area contributed by atoms with Crippen LogP contribution in [0.25, 0.3) is 0 Å². The van der Waals surface area contributed by atoms with E-state index in [0.29, 0.717) is 0 Å². The summed E-state index contributed by atoms with van der Waals surface area (Å²) in [4.78, 5) is 6.23. The molecule has 2 rings (SSSR count). The second-order valence-electron chi connectivity index (χ2n) is 5.85. The molecule has 0 fully saturated rings. The van der Waals surface area contributed by atoms with Crippen LogP contribution in [0.1, 0.15) is 33.1 Å². The van der Waals surface area contributed by atoms with Crippen molar-refractivity contribution in [2.24, 2.45) is 10.9 Å². The van der Waals surface area contributed by atoms with Crippen LogP contribution >= 0.6 is 22.0 Å². The molecule has 1 heterocycles. The van der Waals surface area contributed by atoms with Gasteiger partial charge in [0.1, 0.15) is 4.38 Å². The van der Waals surface area contributed by atoms with Gasteiger partial charge in [-0.3, -0.25) is 4.72 Å². The minimum atomic E-state index is -0.907. The smallest absolute Gasteiger partial charge is 0.132 e. The first-order chi connectivity index (χ1) is 9.55. The van der Waals surface area contributed by atoms with Gasteiger partial charge in [-0.25, -0.2) is 4.99 Å². The fraction of sp³-hybridized carbons (Fsp3) is 0.562. The largest absolute Gasteiger partial charge is 0.258 e. The number of hydrogen-bond acceptors (Lipinski definition) is 3. The van der Waals surface area contributed by atoms with Gasteiger partial charge in [0.05, 0.1) is 5.69 Å². The first-order valence-electron chi connectivity index (χ1n) is 7.36. The van der Waals surface area contributed by atoms with Crippen LogP contribution in [-0.2, 0) is 0 Å². The van der Waals surface area contributed by atoms with Gasteiger partial charge in [-0.15, -0.1) is 0 Å². The molecule has 1 unspecified atom stereocenters. The minimum Gasteiger partial charge on any atom is -0.258 e. The summed E-state index contributed by atoms with van der Waals surface area (Å²) in [6.45, 7) is 5.67. The van der Waals surface area contributed by atoms with Crippen LogP contribution in [0.2, 0.25) is 0 Å². The Morgan fingerprint density at radius 1 is 1.25 bits per heavy atom. The highest BCUT2D eigenvalue weighted by atomic mass is 32.3. The molecule has 0 saturated carbocycles. The highest BCUT2D eigenvalue weighted by Gasteiger charge is 2.30. The zero-order chi connectivity index (χ0) is 14.6. The minimum absolute atomic E-state index is 0.816. The molecule has 0 amide bonds. The van der Waals surface area contributed by atoms with Gasteiger partial charge in [0, 0.05) is 11.4 Å². The Labute approximate surface area is 129 Å². The standard InChI is InChI=1S/C16H26N2S2/c1-5-8-13(2)11-12-17-19-16-18-14-9-6-7-10-15(14)20(16,3)4/h6-7,9-10,13,17H,5,8,11-12H2,1-4H3. The summed E-state index contributed by atoms with van der Waals surface area (Å²) in [5.41, 5.74) is 1.16.